The number of benzene rings is 1. The topological polar surface area (TPSA) is 54.2 Å². The van der Waals surface area contributed by atoms with E-state index in [2.05, 4.69) is 41.4 Å². The first kappa shape index (κ1) is 20.8. The number of aryl methyl sites for hydroxylation is 1. The van der Waals surface area contributed by atoms with Gasteiger partial charge in [0, 0.05) is 11.6 Å². The summed E-state index contributed by atoms with van der Waals surface area (Å²) in [5, 5.41) is 7.41. The van der Waals surface area contributed by atoms with E-state index in [1.54, 1.807) is 0 Å². The predicted molar refractivity (Wildman–Crippen MR) is 101 cm³/mol. The van der Waals surface area contributed by atoms with E-state index in [1.807, 2.05) is 12.1 Å². The highest BCUT2D eigenvalue weighted by Gasteiger charge is 2.33. The summed E-state index contributed by atoms with van der Waals surface area (Å²) in [6, 6.07) is 8.25. The van der Waals surface area contributed by atoms with Crippen molar-refractivity contribution in [3.05, 3.63) is 35.7 Å². The van der Waals surface area contributed by atoms with Crippen molar-refractivity contribution in [1.82, 2.24) is 20.4 Å². The third kappa shape index (κ3) is 5.78. The van der Waals surface area contributed by atoms with Crippen LogP contribution in [0.25, 0.3) is 11.4 Å². The Hall–Kier alpha value is -1.93. The van der Waals surface area contributed by atoms with E-state index < -0.39 is 12.7 Å². The highest BCUT2D eigenvalue weighted by atomic mass is 19.4. The van der Waals surface area contributed by atoms with Crippen molar-refractivity contribution < 1.29 is 17.7 Å². The average molecular weight is 396 g/mol. The summed E-state index contributed by atoms with van der Waals surface area (Å²) in [4.78, 5) is 5.92. The van der Waals surface area contributed by atoms with Crippen LogP contribution in [0, 0.1) is 5.92 Å². The monoisotopic (exact) mass is 396 g/mol. The van der Waals surface area contributed by atoms with E-state index >= 15 is 0 Å². The van der Waals surface area contributed by atoms with Crippen LogP contribution in [0.1, 0.15) is 38.1 Å². The molecule has 2 heterocycles. The minimum atomic E-state index is -4.12. The summed E-state index contributed by atoms with van der Waals surface area (Å²) in [5.41, 5.74) is 2.17. The Labute approximate surface area is 163 Å². The largest absolute Gasteiger partial charge is 0.401 e. The number of hydrogen-bond donors (Lipinski definition) is 1. The van der Waals surface area contributed by atoms with E-state index in [1.165, 1.54) is 10.5 Å². The van der Waals surface area contributed by atoms with E-state index in [0.717, 1.165) is 24.8 Å². The first-order valence-corrected chi connectivity index (χ1v) is 9.78. The molecule has 0 amide bonds. The quantitative estimate of drug-likeness (QED) is 0.765. The van der Waals surface area contributed by atoms with Crippen molar-refractivity contribution in [3.63, 3.8) is 0 Å². The SMILES string of the molecule is CCc1ccc(-c2noc(CNC(C)C3CCN(CC(F)(F)F)CC3)n2)cc1. The molecule has 5 nitrogen and oxygen atoms in total. The zero-order chi connectivity index (χ0) is 20.1. The Balaban J connectivity index is 1.46. The van der Waals surface area contributed by atoms with Crippen molar-refractivity contribution >= 4 is 0 Å². The Morgan fingerprint density at radius 1 is 1.21 bits per heavy atom. The number of nitrogens with one attached hydrogen (secondary N) is 1. The van der Waals surface area contributed by atoms with Gasteiger partial charge in [-0.1, -0.05) is 36.3 Å². The Bertz CT molecular complexity index is 737. The molecule has 28 heavy (non-hydrogen) atoms. The Morgan fingerprint density at radius 3 is 2.50 bits per heavy atom. The van der Waals surface area contributed by atoms with Gasteiger partial charge in [-0.2, -0.15) is 18.2 Å². The lowest BCUT2D eigenvalue weighted by Gasteiger charge is -2.35. The number of piperidine rings is 1. The molecule has 1 N–H and O–H groups in total. The molecule has 8 heteroatoms. The van der Waals surface area contributed by atoms with Crippen LogP contribution in [-0.4, -0.2) is 46.9 Å². The van der Waals surface area contributed by atoms with Crippen molar-refractivity contribution in [2.45, 2.75) is 51.9 Å². The molecular weight excluding hydrogens is 369 g/mol. The molecule has 1 atom stereocenters. The maximum atomic E-state index is 12.5. The number of likely N-dealkylation sites (tertiary alicyclic amines) is 1. The fourth-order valence-electron chi connectivity index (χ4n) is 3.61. The average Bonchev–Trinajstić information content (AvgIpc) is 3.14. The summed E-state index contributed by atoms with van der Waals surface area (Å²) in [6.07, 6.45) is -1.63. The second-order valence-electron chi connectivity index (χ2n) is 7.46. The molecule has 1 aromatic heterocycles. The smallest absolute Gasteiger partial charge is 0.338 e. The van der Waals surface area contributed by atoms with Gasteiger partial charge in [0.2, 0.25) is 11.7 Å². The molecule has 1 saturated heterocycles. The van der Waals surface area contributed by atoms with Gasteiger partial charge in [-0.3, -0.25) is 4.90 Å². The van der Waals surface area contributed by atoms with Crippen LogP contribution in [-0.2, 0) is 13.0 Å². The first-order valence-electron chi connectivity index (χ1n) is 9.78. The molecule has 154 valence electrons. The third-order valence-electron chi connectivity index (χ3n) is 5.41. The van der Waals surface area contributed by atoms with Crippen LogP contribution < -0.4 is 5.32 Å². The summed E-state index contributed by atoms with van der Waals surface area (Å²) in [7, 11) is 0. The highest BCUT2D eigenvalue weighted by molar-refractivity contribution is 5.54. The normalized spacial score (nSPS) is 17.8. The maximum Gasteiger partial charge on any atom is 0.401 e. The van der Waals surface area contributed by atoms with Crippen molar-refractivity contribution in [2.24, 2.45) is 5.92 Å². The van der Waals surface area contributed by atoms with Crippen LogP contribution in [0.4, 0.5) is 13.2 Å². The van der Waals surface area contributed by atoms with Crippen LogP contribution in [0.5, 0.6) is 0 Å². The van der Waals surface area contributed by atoms with Gasteiger partial charge in [0.1, 0.15) is 0 Å². The van der Waals surface area contributed by atoms with Gasteiger partial charge >= 0.3 is 6.18 Å². The van der Waals surface area contributed by atoms with Crippen molar-refractivity contribution in [1.29, 1.82) is 0 Å². The van der Waals surface area contributed by atoms with Crippen molar-refractivity contribution in [3.8, 4) is 11.4 Å². The lowest BCUT2D eigenvalue weighted by Crippen LogP contribution is -2.44. The molecule has 0 spiro atoms. The molecule has 3 rings (SSSR count). The van der Waals surface area contributed by atoms with Crippen LogP contribution in [0.2, 0.25) is 0 Å². The zero-order valence-corrected chi connectivity index (χ0v) is 16.3. The molecule has 2 aromatic rings. The summed E-state index contributed by atoms with van der Waals surface area (Å²) in [5.74, 6) is 1.41. The van der Waals surface area contributed by atoms with Gasteiger partial charge in [-0.15, -0.1) is 0 Å². The van der Waals surface area contributed by atoms with Crippen LogP contribution in [0.15, 0.2) is 28.8 Å². The van der Waals surface area contributed by atoms with E-state index in [-0.39, 0.29) is 6.04 Å². The molecule has 1 unspecified atom stereocenters. The van der Waals surface area contributed by atoms with Gasteiger partial charge in [0.05, 0.1) is 13.1 Å². The molecule has 0 saturated carbocycles. The number of aromatic nitrogens is 2. The van der Waals surface area contributed by atoms with Gasteiger partial charge in [-0.05, 0) is 50.8 Å². The number of halogens is 3. The van der Waals surface area contributed by atoms with Crippen LogP contribution >= 0.6 is 0 Å². The van der Waals surface area contributed by atoms with Crippen molar-refractivity contribution in [2.75, 3.05) is 19.6 Å². The zero-order valence-electron chi connectivity index (χ0n) is 16.3. The highest BCUT2D eigenvalue weighted by Crippen LogP contribution is 2.24. The van der Waals surface area contributed by atoms with E-state index in [9.17, 15) is 13.2 Å². The van der Waals surface area contributed by atoms with Gasteiger partial charge in [0.15, 0.2) is 0 Å². The fraction of sp³-hybridized carbons (Fsp3) is 0.600. The van der Waals surface area contributed by atoms with Gasteiger partial charge < -0.3 is 9.84 Å². The van der Waals surface area contributed by atoms with Gasteiger partial charge in [-0.25, -0.2) is 0 Å². The molecular formula is C20H27F3N4O. The number of hydrogen-bond acceptors (Lipinski definition) is 5. The third-order valence-corrected chi connectivity index (χ3v) is 5.41. The first-order chi connectivity index (χ1) is 13.3. The number of rotatable bonds is 7. The van der Waals surface area contributed by atoms with E-state index in [4.69, 9.17) is 4.52 Å². The Morgan fingerprint density at radius 2 is 1.89 bits per heavy atom. The minimum Gasteiger partial charge on any atom is -0.338 e. The summed E-state index contributed by atoms with van der Waals surface area (Å²) in [6.45, 7) is 4.76. The number of nitrogens with zero attached hydrogens (tertiary/aromatic N) is 3. The van der Waals surface area contributed by atoms with Gasteiger partial charge in [0.25, 0.3) is 0 Å². The van der Waals surface area contributed by atoms with Crippen LogP contribution in [0.3, 0.4) is 0 Å². The number of alkyl halides is 3. The molecule has 1 aliphatic heterocycles. The second-order valence-corrected chi connectivity index (χ2v) is 7.46. The Kier molecular flexibility index (Phi) is 6.72. The van der Waals surface area contributed by atoms with E-state index in [0.29, 0.717) is 37.3 Å². The molecule has 0 aliphatic carbocycles. The molecule has 1 aromatic carbocycles. The second kappa shape index (κ2) is 9.05. The predicted octanol–water partition coefficient (Wildman–Crippen LogP) is 4.05. The summed E-state index contributed by atoms with van der Waals surface area (Å²) < 4.78 is 42.8. The molecule has 1 aliphatic rings. The fourth-order valence-corrected chi connectivity index (χ4v) is 3.61. The minimum absolute atomic E-state index is 0.173. The standard InChI is InChI=1S/C20H27F3N4O/c1-3-15-4-6-17(7-5-15)19-25-18(28-26-19)12-24-14(2)16-8-10-27(11-9-16)13-20(21,22)23/h4-7,14,16,24H,3,8-13H2,1-2H3. The lowest BCUT2D eigenvalue weighted by molar-refractivity contribution is -0.148. The molecule has 0 radical (unpaired) electrons. The molecule has 0 bridgehead atoms. The molecule has 1 fully saturated rings. The lowest BCUT2D eigenvalue weighted by atomic mass is 9.90. The maximum absolute atomic E-state index is 12.5. The summed E-state index contributed by atoms with van der Waals surface area (Å²) >= 11 is 0.